The molecule has 1 aromatic heterocycles. The molecule has 100 valence electrons. The zero-order chi connectivity index (χ0) is 13.0. The molecule has 1 aliphatic carbocycles. The lowest BCUT2D eigenvalue weighted by Crippen LogP contribution is -2.34. The average molecular weight is 267 g/mol. The Morgan fingerprint density at radius 2 is 1.94 bits per heavy atom. The lowest BCUT2D eigenvalue weighted by molar-refractivity contribution is -0.150. The molecule has 1 N–H and O–H groups in total. The van der Waals surface area contributed by atoms with Gasteiger partial charge in [0.05, 0.1) is 16.1 Å². The summed E-state index contributed by atoms with van der Waals surface area (Å²) in [6.45, 7) is 1.97. The van der Waals surface area contributed by atoms with Crippen molar-refractivity contribution in [3.63, 3.8) is 0 Å². The minimum absolute atomic E-state index is 0.569. The molecule has 18 heavy (non-hydrogen) atoms. The van der Waals surface area contributed by atoms with Crippen LogP contribution in [0.25, 0.3) is 0 Å². The summed E-state index contributed by atoms with van der Waals surface area (Å²) in [5, 5.41) is 12.7. The number of aliphatic carboxylic acids is 1. The van der Waals surface area contributed by atoms with Crippen LogP contribution in [0.5, 0.6) is 0 Å². The van der Waals surface area contributed by atoms with Gasteiger partial charge in [-0.2, -0.15) is 0 Å². The normalized spacial score (nSPS) is 20.1. The SMILES string of the molecule is Cc1nc(CC2(C(=O)O)CCCCCCC2)cs1. The highest BCUT2D eigenvalue weighted by Crippen LogP contribution is 2.37. The van der Waals surface area contributed by atoms with E-state index < -0.39 is 11.4 Å². The van der Waals surface area contributed by atoms with E-state index in [4.69, 9.17) is 0 Å². The van der Waals surface area contributed by atoms with Crippen LogP contribution in [0.2, 0.25) is 0 Å². The number of rotatable bonds is 3. The maximum atomic E-state index is 11.7. The molecule has 4 heteroatoms. The molecule has 0 aliphatic heterocycles. The van der Waals surface area contributed by atoms with Gasteiger partial charge in [-0.3, -0.25) is 4.79 Å². The van der Waals surface area contributed by atoms with E-state index in [1.165, 1.54) is 19.3 Å². The van der Waals surface area contributed by atoms with E-state index in [0.717, 1.165) is 36.4 Å². The topological polar surface area (TPSA) is 50.2 Å². The van der Waals surface area contributed by atoms with E-state index in [2.05, 4.69) is 4.98 Å². The van der Waals surface area contributed by atoms with Gasteiger partial charge in [-0.05, 0) is 19.8 Å². The molecule has 0 amide bonds. The zero-order valence-corrected chi connectivity index (χ0v) is 11.8. The molecule has 0 radical (unpaired) electrons. The Hall–Kier alpha value is -0.900. The summed E-state index contributed by atoms with van der Waals surface area (Å²) in [5.41, 5.74) is 0.390. The number of nitrogens with zero attached hydrogens (tertiary/aromatic N) is 1. The highest BCUT2D eigenvalue weighted by Gasteiger charge is 2.38. The van der Waals surface area contributed by atoms with Crippen LogP contribution in [0.15, 0.2) is 5.38 Å². The zero-order valence-electron chi connectivity index (χ0n) is 10.9. The highest BCUT2D eigenvalue weighted by molar-refractivity contribution is 7.09. The second-order valence-corrected chi connectivity index (χ2v) is 6.45. The molecular formula is C14H21NO2S. The Morgan fingerprint density at radius 3 is 2.44 bits per heavy atom. The maximum Gasteiger partial charge on any atom is 0.310 e. The van der Waals surface area contributed by atoms with E-state index >= 15 is 0 Å². The van der Waals surface area contributed by atoms with Crippen LogP contribution in [0, 0.1) is 12.3 Å². The van der Waals surface area contributed by atoms with Gasteiger partial charge in [0.2, 0.25) is 0 Å². The predicted octanol–water partition coefficient (Wildman–Crippen LogP) is 3.81. The van der Waals surface area contributed by atoms with Gasteiger partial charge in [-0.1, -0.05) is 32.1 Å². The molecule has 0 bridgehead atoms. The summed E-state index contributed by atoms with van der Waals surface area (Å²) in [4.78, 5) is 16.2. The Balaban J connectivity index is 2.16. The first-order valence-electron chi connectivity index (χ1n) is 6.77. The van der Waals surface area contributed by atoms with Gasteiger partial charge in [0.1, 0.15) is 0 Å². The molecule has 0 spiro atoms. The third kappa shape index (κ3) is 3.10. The van der Waals surface area contributed by atoms with E-state index in [0.29, 0.717) is 6.42 Å². The number of aromatic nitrogens is 1. The van der Waals surface area contributed by atoms with Crippen LogP contribution in [0.4, 0.5) is 0 Å². The molecule has 1 fully saturated rings. The number of thiazole rings is 1. The molecule has 2 rings (SSSR count). The molecule has 1 aromatic rings. The van der Waals surface area contributed by atoms with Crippen molar-refractivity contribution in [3.05, 3.63) is 16.1 Å². The van der Waals surface area contributed by atoms with Gasteiger partial charge in [-0.15, -0.1) is 11.3 Å². The molecule has 3 nitrogen and oxygen atoms in total. The van der Waals surface area contributed by atoms with Gasteiger partial charge in [-0.25, -0.2) is 4.98 Å². The smallest absolute Gasteiger partial charge is 0.310 e. The first-order valence-corrected chi connectivity index (χ1v) is 7.65. The fourth-order valence-corrected chi connectivity index (χ4v) is 3.50. The lowest BCUT2D eigenvalue weighted by atomic mass is 9.73. The molecule has 1 heterocycles. The predicted molar refractivity (Wildman–Crippen MR) is 72.9 cm³/mol. The van der Waals surface area contributed by atoms with Crippen molar-refractivity contribution in [1.29, 1.82) is 0 Å². The second-order valence-electron chi connectivity index (χ2n) is 5.39. The summed E-state index contributed by atoms with van der Waals surface area (Å²) >= 11 is 1.61. The fourth-order valence-electron chi connectivity index (χ4n) is 2.88. The molecular weight excluding hydrogens is 246 g/mol. The van der Waals surface area contributed by atoms with Crippen molar-refractivity contribution in [3.8, 4) is 0 Å². The Bertz CT molecular complexity index is 406. The van der Waals surface area contributed by atoms with E-state index in [-0.39, 0.29) is 0 Å². The van der Waals surface area contributed by atoms with E-state index in [1.807, 2.05) is 12.3 Å². The summed E-state index contributed by atoms with van der Waals surface area (Å²) in [6.07, 6.45) is 7.89. The van der Waals surface area contributed by atoms with E-state index in [9.17, 15) is 9.90 Å². The number of carboxylic acids is 1. The van der Waals surface area contributed by atoms with Crippen LogP contribution in [0.3, 0.4) is 0 Å². The summed E-state index contributed by atoms with van der Waals surface area (Å²) < 4.78 is 0. The Kier molecular flexibility index (Phi) is 4.38. The minimum atomic E-state index is -0.630. The van der Waals surface area contributed by atoms with Gasteiger partial charge in [0.25, 0.3) is 0 Å². The number of carbonyl (C=O) groups is 1. The lowest BCUT2D eigenvalue weighted by Gasteiger charge is -2.30. The quantitative estimate of drug-likeness (QED) is 0.906. The first-order chi connectivity index (χ1) is 8.62. The molecule has 0 saturated heterocycles. The third-order valence-corrected chi connectivity index (χ3v) is 4.77. The van der Waals surface area contributed by atoms with Crippen molar-refractivity contribution in [1.82, 2.24) is 4.98 Å². The van der Waals surface area contributed by atoms with Crippen LogP contribution in [-0.2, 0) is 11.2 Å². The van der Waals surface area contributed by atoms with Crippen LogP contribution in [-0.4, -0.2) is 16.1 Å². The van der Waals surface area contributed by atoms with Crippen molar-refractivity contribution >= 4 is 17.3 Å². The van der Waals surface area contributed by atoms with Crippen molar-refractivity contribution < 1.29 is 9.90 Å². The van der Waals surface area contributed by atoms with Crippen LogP contribution >= 0.6 is 11.3 Å². The number of aryl methyl sites for hydroxylation is 1. The number of hydrogen-bond donors (Lipinski definition) is 1. The second kappa shape index (κ2) is 5.83. The van der Waals surface area contributed by atoms with Crippen molar-refractivity contribution in [2.24, 2.45) is 5.41 Å². The van der Waals surface area contributed by atoms with E-state index in [1.54, 1.807) is 11.3 Å². The molecule has 0 atom stereocenters. The highest BCUT2D eigenvalue weighted by atomic mass is 32.1. The fraction of sp³-hybridized carbons (Fsp3) is 0.714. The van der Waals surface area contributed by atoms with Gasteiger partial charge in [0, 0.05) is 11.8 Å². The van der Waals surface area contributed by atoms with Gasteiger partial charge in [0.15, 0.2) is 0 Å². The first kappa shape index (κ1) is 13.5. The molecule has 1 aliphatic rings. The molecule has 0 aromatic carbocycles. The number of carboxylic acid groups (broad SMARTS) is 1. The summed E-state index contributed by atoms with van der Waals surface area (Å²) in [7, 11) is 0. The monoisotopic (exact) mass is 267 g/mol. The minimum Gasteiger partial charge on any atom is -0.481 e. The molecule has 0 unspecified atom stereocenters. The maximum absolute atomic E-state index is 11.7. The van der Waals surface area contributed by atoms with Gasteiger partial charge >= 0.3 is 5.97 Å². The van der Waals surface area contributed by atoms with Crippen LogP contribution in [0.1, 0.15) is 55.6 Å². The third-order valence-electron chi connectivity index (χ3n) is 3.95. The number of hydrogen-bond acceptors (Lipinski definition) is 3. The van der Waals surface area contributed by atoms with Crippen LogP contribution < -0.4 is 0 Å². The van der Waals surface area contributed by atoms with Crippen molar-refractivity contribution in [2.75, 3.05) is 0 Å². The Morgan fingerprint density at radius 1 is 1.33 bits per heavy atom. The summed E-state index contributed by atoms with van der Waals surface area (Å²) in [6, 6.07) is 0. The molecule has 1 saturated carbocycles. The summed E-state index contributed by atoms with van der Waals surface area (Å²) in [5.74, 6) is -0.630. The largest absolute Gasteiger partial charge is 0.481 e. The van der Waals surface area contributed by atoms with Crippen molar-refractivity contribution in [2.45, 2.75) is 58.3 Å². The Labute approximate surface area is 112 Å². The average Bonchev–Trinajstić information content (AvgIpc) is 2.67. The van der Waals surface area contributed by atoms with Gasteiger partial charge < -0.3 is 5.11 Å². The standard InChI is InChI=1S/C14H21NO2S/c1-11-15-12(10-18-11)9-14(13(16)17)7-5-3-2-4-6-8-14/h10H,2-9H2,1H3,(H,16,17).